The van der Waals surface area contributed by atoms with Crippen LogP contribution in [0.25, 0.3) is 0 Å². The van der Waals surface area contributed by atoms with E-state index in [1.165, 1.54) is 6.20 Å². The average Bonchev–Trinajstić information content (AvgIpc) is 2.68. The summed E-state index contributed by atoms with van der Waals surface area (Å²) in [5.41, 5.74) is 7.89. The largest absolute Gasteiger partial charge is 0.383 e. The van der Waals surface area contributed by atoms with Crippen molar-refractivity contribution in [1.29, 1.82) is 0 Å². The number of likely N-dealkylation sites (tertiary alicyclic amines) is 1. The van der Waals surface area contributed by atoms with E-state index in [9.17, 15) is 9.59 Å². The number of aryl methyl sites for hydroxylation is 1. The minimum absolute atomic E-state index is 0.237. The molecule has 1 aliphatic rings. The highest BCUT2D eigenvalue weighted by atomic mass is 35.5. The molecule has 0 saturated carbocycles. The van der Waals surface area contributed by atoms with Gasteiger partial charge in [0, 0.05) is 16.6 Å². The number of hydrogen-bond donors (Lipinski definition) is 2. The van der Waals surface area contributed by atoms with Gasteiger partial charge < -0.3 is 16.0 Å². The van der Waals surface area contributed by atoms with Crippen molar-refractivity contribution in [2.24, 2.45) is 0 Å². The van der Waals surface area contributed by atoms with Crippen LogP contribution in [0.15, 0.2) is 30.5 Å². The Morgan fingerprint density at radius 2 is 1.93 bits per heavy atom. The maximum absolute atomic E-state index is 12.9. The monoisotopic (exact) mass is 420 g/mol. The van der Waals surface area contributed by atoms with Crippen LogP contribution in [-0.4, -0.2) is 28.2 Å². The van der Waals surface area contributed by atoms with Crippen LogP contribution in [0.5, 0.6) is 0 Å². The van der Waals surface area contributed by atoms with Crippen LogP contribution in [0.1, 0.15) is 43.4 Å². The summed E-state index contributed by atoms with van der Waals surface area (Å²) in [5.74, 6) is -0.870. The van der Waals surface area contributed by atoms with Gasteiger partial charge in [-0.05, 0) is 61.1 Å². The Morgan fingerprint density at radius 3 is 2.61 bits per heavy atom. The van der Waals surface area contributed by atoms with E-state index < -0.39 is 11.8 Å². The van der Waals surface area contributed by atoms with Crippen LogP contribution < -0.4 is 11.1 Å². The van der Waals surface area contributed by atoms with Crippen molar-refractivity contribution in [3.8, 4) is 0 Å². The molecule has 3 rings (SSSR count). The molecule has 0 radical (unpaired) electrons. The third kappa shape index (κ3) is 4.56. The molecule has 148 valence electrons. The van der Waals surface area contributed by atoms with Crippen molar-refractivity contribution in [2.45, 2.75) is 38.6 Å². The highest BCUT2D eigenvalue weighted by molar-refractivity contribution is 6.39. The second kappa shape index (κ2) is 8.80. The van der Waals surface area contributed by atoms with E-state index in [4.69, 9.17) is 28.9 Å². The molecule has 0 bridgehead atoms. The number of amides is 2. The second-order valence-corrected chi connectivity index (χ2v) is 7.66. The zero-order chi connectivity index (χ0) is 20.3. The van der Waals surface area contributed by atoms with E-state index >= 15 is 0 Å². The predicted molar refractivity (Wildman–Crippen MR) is 111 cm³/mol. The van der Waals surface area contributed by atoms with Crippen LogP contribution in [0, 0.1) is 0 Å². The lowest BCUT2D eigenvalue weighted by Gasteiger charge is -2.35. The summed E-state index contributed by atoms with van der Waals surface area (Å²) in [6.45, 7) is 2.44. The third-order valence-electron chi connectivity index (χ3n) is 4.87. The van der Waals surface area contributed by atoms with Gasteiger partial charge in [-0.2, -0.15) is 0 Å². The van der Waals surface area contributed by atoms with E-state index in [-0.39, 0.29) is 6.04 Å². The van der Waals surface area contributed by atoms with Crippen molar-refractivity contribution in [2.75, 3.05) is 17.6 Å². The number of aromatic nitrogens is 1. The number of nitrogens with one attached hydrogen (secondary N) is 1. The molecule has 2 amide bonds. The predicted octanol–water partition coefficient (Wildman–Crippen LogP) is 4.23. The normalized spacial score (nSPS) is 16.7. The summed E-state index contributed by atoms with van der Waals surface area (Å²) in [6.07, 6.45) is 4.68. The van der Waals surface area contributed by atoms with Crippen molar-refractivity contribution in [3.05, 3.63) is 51.6 Å². The van der Waals surface area contributed by atoms with E-state index in [0.29, 0.717) is 34.5 Å². The molecule has 1 aromatic heterocycles. The summed E-state index contributed by atoms with van der Waals surface area (Å²) < 4.78 is 0. The number of carbonyl (C=O) groups is 2. The van der Waals surface area contributed by atoms with Crippen LogP contribution in [-0.2, 0) is 16.0 Å². The van der Waals surface area contributed by atoms with Gasteiger partial charge in [0.25, 0.3) is 0 Å². The Kier molecular flexibility index (Phi) is 6.42. The van der Waals surface area contributed by atoms with E-state index in [1.54, 1.807) is 29.2 Å². The van der Waals surface area contributed by atoms with Gasteiger partial charge in [0.1, 0.15) is 5.82 Å². The molecule has 2 heterocycles. The van der Waals surface area contributed by atoms with Crippen molar-refractivity contribution in [3.63, 3.8) is 0 Å². The van der Waals surface area contributed by atoms with Gasteiger partial charge in [-0.15, -0.1) is 0 Å². The van der Waals surface area contributed by atoms with Crippen LogP contribution in [0.2, 0.25) is 10.0 Å². The summed E-state index contributed by atoms with van der Waals surface area (Å²) in [6, 6.07) is 6.72. The molecule has 8 heteroatoms. The Hall–Kier alpha value is -2.31. The Bertz CT molecular complexity index is 884. The lowest BCUT2D eigenvalue weighted by Crippen LogP contribution is -2.44. The number of benzene rings is 1. The zero-order valence-corrected chi connectivity index (χ0v) is 17.1. The second-order valence-electron chi connectivity index (χ2n) is 6.79. The lowest BCUT2D eigenvalue weighted by atomic mass is 9.95. The maximum Gasteiger partial charge on any atom is 0.313 e. The fourth-order valence-corrected chi connectivity index (χ4v) is 4.02. The quantitative estimate of drug-likeness (QED) is 0.727. The first-order chi connectivity index (χ1) is 13.4. The van der Waals surface area contributed by atoms with Gasteiger partial charge in [0.2, 0.25) is 0 Å². The number of rotatable bonds is 3. The molecule has 28 heavy (non-hydrogen) atoms. The molecule has 1 saturated heterocycles. The summed E-state index contributed by atoms with van der Waals surface area (Å²) >= 11 is 12.2. The molecule has 1 fully saturated rings. The third-order valence-corrected chi connectivity index (χ3v) is 5.30. The first-order valence-electron chi connectivity index (χ1n) is 9.21. The highest BCUT2D eigenvalue weighted by Crippen LogP contribution is 2.34. The Balaban J connectivity index is 1.79. The number of nitrogens with zero attached hydrogens (tertiary/aromatic N) is 2. The number of pyridine rings is 1. The topological polar surface area (TPSA) is 88.3 Å². The van der Waals surface area contributed by atoms with Crippen LogP contribution in [0.3, 0.4) is 0 Å². The number of anilines is 2. The van der Waals surface area contributed by atoms with Crippen molar-refractivity contribution in [1.82, 2.24) is 9.88 Å². The molecular weight excluding hydrogens is 399 g/mol. The number of piperidine rings is 1. The first kappa shape index (κ1) is 20.4. The number of nitrogens with two attached hydrogens (primary N) is 1. The fourth-order valence-electron chi connectivity index (χ4n) is 3.48. The van der Waals surface area contributed by atoms with Crippen LogP contribution in [0.4, 0.5) is 11.5 Å². The van der Waals surface area contributed by atoms with E-state index in [2.05, 4.69) is 10.3 Å². The molecule has 6 nitrogen and oxygen atoms in total. The summed E-state index contributed by atoms with van der Waals surface area (Å²) in [5, 5.41) is 3.64. The standard InChI is InChI=1S/C20H22Cl2N4O2/c1-2-12-9-16(11-24-18(12)23)25-19(27)20(28)26-6-4-3-5-17(26)13-7-14(21)10-15(22)8-13/h7-11,17H,2-6H2,1H3,(H2,23,24)(H,25,27)/t17-/m0/s1. The highest BCUT2D eigenvalue weighted by Gasteiger charge is 2.32. The Labute approximate surface area is 174 Å². The van der Waals surface area contributed by atoms with E-state index in [0.717, 1.165) is 30.4 Å². The summed E-state index contributed by atoms with van der Waals surface area (Å²) in [7, 11) is 0. The average molecular weight is 421 g/mol. The van der Waals surface area contributed by atoms with Crippen LogP contribution >= 0.6 is 23.2 Å². The van der Waals surface area contributed by atoms with Gasteiger partial charge >= 0.3 is 11.8 Å². The fraction of sp³-hybridized carbons (Fsp3) is 0.350. The van der Waals surface area contributed by atoms with Gasteiger partial charge in [-0.3, -0.25) is 9.59 Å². The molecule has 1 atom stereocenters. The Morgan fingerprint density at radius 1 is 1.21 bits per heavy atom. The maximum atomic E-state index is 12.9. The van der Waals surface area contributed by atoms with Gasteiger partial charge in [0.05, 0.1) is 17.9 Å². The number of carbonyl (C=O) groups excluding carboxylic acids is 2. The van der Waals surface area contributed by atoms with Gasteiger partial charge in [-0.25, -0.2) is 4.98 Å². The number of halogens is 2. The molecule has 0 unspecified atom stereocenters. The minimum Gasteiger partial charge on any atom is -0.383 e. The van der Waals surface area contributed by atoms with E-state index in [1.807, 2.05) is 6.92 Å². The van der Waals surface area contributed by atoms with Gasteiger partial charge in [-0.1, -0.05) is 30.1 Å². The molecule has 0 aliphatic carbocycles. The minimum atomic E-state index is -0.700. The lowest BCUT2D eigenvalue weighted by molar-refractivity contribution is -0.145. The van der Waals surface area contributed by atoms with Crippen molar-refractivity contribution < 1.29 is 9.59 Å². The molecule has 3 N–H and O–H groups in total. The molecule has 2 aromatic rings. The first-order valence-corrected chi connectivity index (χ1v) is 9.97. The smallest absolute Gasteiger partial charge is 0.313 e. The van der Waals surface area contributed by atoms with Crippen molar-refractivity contribution >= 4 is 46.5 Å². The van der Waals surface area contributed by atoms with Gasteiger partial charge in [0.15, 0.2) is 0 Å². The SMILES string of the molecule is CCc1cc(NC(=O)C(=O)N2CCCC[C@H]2c2cc(Cl)cc(Cl)c2)cnc1N. The molecule has 1 aromatic carbocycles. The number of hydrogen-bond acceptors (Lipinski definition) is 4. The number of nitrogen functional groups attached to an aromatic ring is 1. The molecule has 0 spiro atoms. The molecule has 1 aliphatic heterocycles. The zero-order valence-electron chi connectivity index (χ0n) is 15.5. The molecular formula is C20H22Cl2N4O2. The summed E-state index contributed by atoms with van der Waals surface area (Å²) in [4.78, 5) is 31.1.